The van der Waals surface area contributed by atoms with Gasteiger partial charge in [-0.05, 0) is 44.2 Å². The number of rotatable bonds is 2. The molecule has 1 aromatic rings. The van der Waals surface area contributed by atoms with Gasteiger partial charge in [0.15, 0.2) is 0 Å². The predicted molar refractivity (Wildman–Crippen MR) is 72.4 cm³/mol. The standard InChI is InChI=1S/C16H23N/c1-13-6-8-14(9-7-13)15-10-11-17(12-15)16-4-2-3-5-16/h6-9,15-16H,2-5,10-12H2,1H3. The molecule has 0 N–H and O–H groups in total. The van der Waals surface area contributed by atoms with Gasteiger partial charge in [0.05, 0.1) is 0 Å². The molecule has 3 rings (SSSR count). The zero-order valence-corrected chi connectivity index (χ0v) is 10.9. The third-order valence-electron chi connectivity index (χ3n) is 4.61. The van der Waals surface area contributed by atoms with Crippen LogP contribution in [0.2, 0.25) is 0 Å². The maximum atomic E-state index is 2.75. The van der Waals surface area contributed by atoms with Crippen LogP contribution in [0.1, 0.15) is 49.1 Å². The van der Waals surface area contributed by atoms with Gasteiger partial charge >= 0.3 is 0 Å². The van der Waals surface area contributed by atoms with Crippen LogP contribution in [0.4, 0.5) is 0 Å². The summed E-state index contributed by atoms with van der Waals surface area (Å²) in [5.74, 6) is 0.788. The molecule has 1 atom stereocenters. The molecule has 92 valence electrons. The molecular weight excluding hydrogens is 206 g/mol. The number of nitrogens with zero attached hydrogens (tertiary/aromatic N) is 1. The van der Waals surface area contributed by atoms with Gasteiger partial charge in [0.1, 0.15) is 0 Å². The highest BCUT2D eigenvalue weighted by atomic mass is 15.2. The molecule has 2 aliphatic rings. The molecule has 1 aliphatic carbocycles. The summed E-state index contributed by atoms with van der Waals surface area (Å²) in [4.78, 5) is 2.75. The van der Waals surface area contributed by atoms with Gasteiger partial charge in [0.2, 0.25) is 0 Å². The second-order valence-corrected chi connectivity index (χ2v) is 5.83. The monoisotopic (exact) mass is 229 g/mol. The number of hydrogen-bond donors (Lipinski definition) is 0. The topological polar surface area (TPSA) is 3.24 Å². The van der Waals surface area contributed by atoms with E-state index >= 15 is 0 Å². The van der Waals surface area contributed by atoms with Crippen molar-refractivity contribution < 1.29 is 0 Å². The molecule has 1 saturated heterocycles. The maximum Gasteiger partial charge on any atom is 0.00955 e. The minimum atomic E-state index is 0.788. The Balaban J connectivity index is 1.65. The van der Waals surface area contributed by atoms with Gasteiger partial charge in [-0.25, -0.2) is 0 Å². The van der Waals surface area contributed by atoms with Crippen molar-refractivity contribution in [3.05, 3.63) is 35.4 Å². The highest BCUT2D eigenvalue weighted by Crippen LogP contribution is 2.33. The Morgan fingerprint density at radius 1 is 1.00 bits per heavy atom. The summed E-state index contributed by atoms with van der Waals surface area (Å²) < 4.78 is 0. The van der Waals surface area contributed by atoms with Crippen molar-refractivity contribution in [3.8, 4) is 0 Å². The van der Waals surface area contributed by atoms with Gasteiger partial charge in [-0.3, -0.25) is 4.90 Å². The SMILES string of the molecule is Cc1ccc(C2CCN(C3CCCC3)C2)cc1. The number of benzene rings is 1. The van der Waals surface area contributed by atoms with E-state index < -0.39 is 0 Å². The van der Waals surface area contributed by atoms with E-state index in [1.807, 2.05) is 0 Å². The fourth-order valence-electron chi connectivity index (χ4n) is 3.50. The lowest BCUT2D eigenvalue weighted by molar-refractivity contribution is 0.243. The molecule has 1 saturated carbocycles. The van der Waals surface area contributed by atoms with Crippen LogP contribution < -0.4 is 0 Å². The Hall–Kier alpha value is -0.820. The summed E-state index contributed by atoms with van der Waals surface area (Å²) in [5, 5.41) is 0. The fraction of sp³-hybridized carbons (Fsp3) is 0.625. The van der Waals surface area contributed by atoms with E-state index in [0.717, 1.165) is 12.0 Å². The Morgan fingerprint density at radius 2 is 1.71 bits per heavy atom. The van der Waals surface area contributed by atoms with E-state index in [1.165, 1.54) is 50.8 Å². The van der Waals surface area contributed by atoms with Gasteiger partial charge in [0, 0.05) is 12.6 Å². The number of likely N-dealkylation sites (tertiary alicyclic amines) is 1. The molecule has 17 heavy (non-hydrogen) atoms. The number of aryl methyl sites for hydroxylation is 1. The van der Waals surface area contributed by atoms with Crippen molar-refractivity contribution in [3.63, 3.8) is 0 Å². The molecule has 1 heterocycles. The molecule has 1 unspecified atom stereocenters. The van der Waals surface area contributed by atoms with Crippen molar-refractivity contribution in [1.29, 1.82) is 0 Å². The van der Waals surface area contributed by atoms with E-state index in [1.54, 1.807) is 5.56 Å². The second-order valence-electron chi connectivity index (χ2n) is 5.83. The zero-order chi connectivity index (χ0) is 11.7. The zero-order valence-electron chi connectivity index (χ0n) is 10.9. The summed E-state index contributed by atoms with van der Waals surface area (Å²) in [6.07, 6.45) is 7.16. The molecule has 0 bridgehead atoms. The molecule has 1 aromatic carbocycles. The fourth-order valence-corrected chi connectivity index (χ4v) is 3.50. The summed E-state index contributed by atoms with van der Waals surface area (Å²) >= 11 is 0. The van der Waals surface area contributed by atoms with Crippen LogP contribution in [0.15, 0.2) is 24.3 Å². The quantitative estimate of drug-likeness (QED) is 0.747. The Bertz CT molecular complexity index is 362. The third kappa shape index (κ3) is 2.40. The minimum Gasteiger partial charge on any atom is -0.300 e. The summed E-state index contributed by atoms with van der Waals surface area (Å²) in [6.45, 7) is 4.79. The molecule has 1 nitrogen and oxygen atoms in total. The van der Waals surface area contributed by atoms with Crippen LogP contribution in [-0.4, -0.2) is 24.0 Å². The maximum absolute atomic E-state index is 2.75. The molecule has 1 heteroatoms. The van der Waals surface area contributed by atoms with Crippen LogP contribution in [0, 0.1) is 6.92 Å². The molecule has 2 fully saturated rings. The van der Waals surface area contributed by atoms with Gasteiger partial charge in [-0.15, -0.1) is 0 Å². The van der Waals surface area contributed by atoms with Crippen LogP contribution in [-0.2, 0) is 0 Å². The van der Waals surface area contributed by atoms with Crippen molar-refractivity contribution in [2.45, 2.75) is 51.0 Å². The van der Waals surface area contributed by atoms with Gasteiger partial charge in [-0.1, -0.05) is 42.7 Å². The predicted octanol–water partition coefficient (Wildman–Crippen LogP) is 3.73. The van der Waals surface area contributed by atoms with E-state index in [0.29, 0.717) is 0 Å². The third-order valence-corrected chi connectivity index (χ3v) is 4.61. The highest BCUT2D eigenvalue weighted by molar-refractivity contribution is 5.25. The van der Waals surface area contributed by atoms with Crippen LogP contribution in [0.5, 0.6) is 0 Å². The first kappa shape index (κ1) is 11.3. The lowest BCUT2D eigenvalue weighted by atomic mass is 9.97. The van der Waals surface area contributed by atoms with Crippen LogP contribution >= 0.6 is 0 Å². The van der Waals surface area contributed by atoms with Gasteiger partial charge in [-0.2, -0.15) is 0 Å². The van der Waals surface area contributed by atoms with Crippen molar-refractivity contribution >= 4 is 0 Å². The molecule has 0 amide bonds. The summed E-state index contributed by atoms with van der Waals surface area (Å²) in [5.41, 5.74) is 2.93. The lowest BCUT2D eigenvalue weighted by Crippen LogP contribution is -2.30. The van der Waals surface area contributed by atoms with Crippen molar-refractivity contribution in [1.82, 2.24) is 4.90 Å². The number of hydrogen-bond acceptors (Lipinski definition) is 1. The Kier molecular flexibility index (Phi) is 3.19. The van der Waals surface area contributed by atoms with Crippen molar-refractivity contribution in [2.75, 3.05) is 13.1 Å². The minimum absolute atomic E-state index is 0.788. The average molecular weight is 229 g/mol. The lowest BCUT2D eigenvalue weighted by Gasteiger charge is -2.23. The molecule has 1 aliphatic heterocycles. The van der Waals surface area contributed by atoms with Crippen LogP contribution in [0.3, 0.4) is 0 Å². The van der Waals surface area contributed by atoms with Crippen LogP contribution in [0.25, 0.3) is 0 Å². The highest BCUT2D eigenvalue weighted by Gasteiger charge is 2.30. The average Bonchev–Trinajstić information content (AvgIpc) is 3.00. The smallest absolute Gasteiger partial charge is 0.00955 e. The van der Waals surface area contributed by atoms with Gasteiger partial charge < -0.3 is 0 Å². The summed E-state index contributed by atoms with van der Waals surface area (Å²) in [7, 11) is 0. The second kappa shape index (κ2) is 4.81. The normalized spacial score (nSPS) is 26.8. The van der Waals surface area contributed by atoms with E-state index in [2.05, 4.69) is 36.1 Å². The Labute approximate surface area is 105 Å². The molecule has 0 aromatic heterocycles. The molecule has 0 radical (unpaired) electrons. The molecule has 0 spiro atoms. The van der Waals surface area contributed by atoms with E-state index in [9.17, 15) is 0 Å². The first-order valence-corrected chi connectivity index (χ1v) is 7.13. The largest absolute Gasteiger partial charge is 0.300 e. The summed E-state index contributed by atoms with van der Waals surface area (Å²) in [6, 6.07) is 10.1. The first-order valence-electron chi connectivity index (χ1n) is 7.13. The van der Waals surface area contributed by atoms with E-state index in [-0.39, 0.29) is 0 Å². The first-order chi connectivity index (χ1) is 8.33. The molecular formula is C16H23N. The van der Waals surface area contributed by atoms with Gasteiger partial charge in [0.25, 0.3) is 0 Å². The Morgan fingerprint density at radius 3 is 2.41 bits per heavy atom. The van der Waals surface area contributed by atoms with Crippen molar-refractivity contribution in [2.24, 2.45) is 0 Å². The van der Waals surface area contributed by atoms with E-state index in [4.69, 9.17) is 0 Å².